The first-order valence-corrected chi connectivity index (χ1v) is 6.38. The van der Waals surface area contributed by atoms with Crippen molar-refractivity contribution in [3.8, 4) is 0 Å². The van der Waals surface area contributed by atoms with Crippen LogP contribution in [0.4, 0.5) is 0 Å². The number of rotatable bonds is 2. The van der Waals surface area contributed by atoms with E-state index in [0.29, 0.717) is 24.9 Å². The van der Waals surface area contributed by atoms with Crippen molar-refractivity contribution in [1.29, 1.82) is 0 Å². The van der Waals surface area contributed by atoms with Gasteiger partial charge in [-0.05, 0) is 30.2 Å². The lowest BCUT2D eigenvalue weighted by molar-refractivity contribution is -0.131. The largest absolute Gasteiger partial charge is 0.331 e. The Hall–Kier alpha value is -0.900. The van der Waals surface area contributed by atoms with Gasteiger partial charge in [0.2, 0.25) is 5.91 Å². The topological polar surface area (TPSA) is 63.4 Å². The minimum Gasteiger partial charge on any atom is -0.331 e. The van der Waals surface area contributed by atoms with Gasteiger partial charge in [-0.3, -0.25) is 9.59 Å². The molecule has 1 aliphatic carbocycles. The molecule has 4 nitrogen and oxygen atoms in total. The van der Waals surface area contributed by atoms with Crippen molar-refractivity contribution in [3.05, 3.63) is 0 Å². The van der Waals surface area contributed by atoms with Crippen molar-refractivity contribution in [3.63, 3.8) is 0 Å². The predicted octanol–water partition coefficient (Wildman–Crippen LogP) is 0.797. The third-order valence-corrected chi connectivity index (χ3v) is 4.48. The van der Waals surface area contributed by atoms with Crippen molar-refractivity contribution in [2.45, 2.75) is 39.7 Å². The number of hydrogen-bond acceptors (Lipinski definition) is 3. The molecule has 96 valence electrons. The number of carbonyl (C=O) groups is 2. The number of nitrogens with two attached hydrogens (primary N) is 1. The van der Waals surface area contributed by atoms with Crippen LogP contribution in [0.1, 0.15) is 33.6 Å². The Morgan fingerprint density at radius 1 is 1.41 bits per heavy atom. The highest BCUT2D eigenvalue weighted by Crippen LogP contribution is 2.48. The first kappa shape index (κ1) is 12.6. The number of amides is 1. The zero-order valence-electron chi connectivity index (χ0n) is 10.9. The van der Waals surface area contributed by atoms with Crippen LogP contribution in [0.5, 0.6) is 0 Å². The van der Waals surface area contributed by atoms with Crippen LogP contribution >= 0.6 is 0 Å². The normalized spacial score (nSPS) is 36.9. The lowest BCUT2D eigenvalue weighted by Gasteiger charge is -2.35. The molecule has 0 aromatic rings. The maximum Gasteiger partial charge on any atom is 0.230 e. The average Bonchev–Trinajstić information content (AvgIpc) is 2.62. The molecule has 2 aliphatic rings. The Morgan fingerprint density at radius 2 is 2.06 bits per heavy atom. The number of likely N-dealkylation sites (tertiary alicyclic amines) is 1. The molecule has 0 bridgehead atoms. The van der Waals surface area contributed by atoms with Crippen molar-refractivity contribution in [2.24, 2.45) is 23.0 Å². The second-order valence-corrected chi connectivity index (χ2v) is 6.24. The molecule has 3 atom stereocenters. The molecule has 17 heavy (non-hydrogen) atoms. The second kappa shape index (κ2) is 4.09. The van der Waals surface area contributed by atoms with E-state index < -0.39 is 0 Å². The lowest BCUT2D eigenvalue weighted by Crippen LogP contribution is -2.46. The van der Waals surface area contributed by atoms with E-state index in [2.05, 4.69) is 20.8 Å². The lowest BCUT2D eigenvalue weighted by atomic mass is 9.80. The molecule has 1 saturated carbocycles. The monoisotopic (exact) mass is 238 g/mol. The van der Waals surface area contributed by atoms with Crippen LogP contribution in [0.25, 0.3) is 0 Å². The van der Waals surface area contributed by atoms with Gasteiger partial charge in [-0.2, -0.15) is 0 Å². The summed E-state index contributed by atoms with van der Waals surface area (Å²) in [6, 6.07) is 0.147. The minimum absolute atomic E-state index is 0.0111. The summed E-state index contributed by atoms with van der Waals surface area (Å²) >= 11 is 0. The number of carbonyl (C=O) groups excluding carboxylic acids is 2. The minimum atomic E-state index is -0.0111. The van der Waals surface area contributed by atoms with E-state index in [1.807, 2.05) is 0 Å². The molecule has 4 heteroatoms. The quantitative estimate of drug-likeness (QED) is 0.724. The van der Waals surface area contributed by atoms with Crippen LogP contribution in [-0.4, -0.2) is 35.7 Å². The maximum absolute atomic E-state index is 11.9. The smallest absolute Gasteiger partial charge is 0.230 e. The molecule has 0 radical (unpaired) electrons. The van der Waals surface area contributed by atoms with E-state index in [4.69, 9.17) is 5.73 Å². The summed E-state index contributed by atoms with van der Waals surface area (Å²) < 4.78 is 0. The highest BCUT2D eigenvalue weighted by atomic mass is 16.2. The fraction of sp³-hybridized carbons (Fsp3) is 0.846. The molecule has 2 rings (SSSR count). The molecule has 1 aliphatic heterocycles. The Labute approximate surface area is 103 Å². The third-order valence-electron chi connectivity index (χ3n) is 4.48. The SMILES string of the molecule is CC1CC(C)(C)C(CN)C1N1CC(=O)CC1=O. The van der Waals surface area contributed by atoms with Crippen LogP contribution in [-0.2, 0) is 9.59 Å². The van der Waals surface area contributed by atoms with Crippen LogP contribution in [0.3, 0.4) is 0 Å². The Bertz CT molecular complexity index is 351. The van der Waals surface area contributed by atoms with Gasteiger partial charge in [0, 0.05) is 6.04 Å². The van der Waals surface area contributed by atoms with E-state index in [1.165, 1.54) is 0 Å². The number of ketones is 1. The van der Waals surface area contributed by atoms with Gasteiger partial charge in [-0.1, -0.05) is 20.8 Å². The Kier molecular flexibility index (Phi) is 3.02. The maximum atomic E-state index is 11.9. The van der Waals surface area contributed by atoms with Crippen molar-refractivity contribution in [1.82, 2.24) is 4.90 Å². The Balaban J connectivity index is 2.25. The zero-order valence-corrected chi connectivity index (χ0v) is 10.9. The number of nitrogens with zero attached hydrogens (tertiary/aromatic N) is 1. The van der Waals surface area contributed by atoms with Crippen molar-refractivity contribution < 1.29 is 9.59 Å². The summed E-state index contributed by atoms with van der Waals surface area (Å²) in [5, 5.41) is 0. The van der Waals surface area contributed by atoms with Crippen molar-refractivity contribution >= 4 is 11.7 Å². The molecular formula is C13H22N2O2. The number of Topliss-reactive ketones (excluding diaryl/α,β-unsaturated/α-hetero) is 1. The van der Waals surface area contributed by atoms with Gasteiger partial charge < -0.3 is 10.6 Å². The highest BCUT2D eigenvalue weighted by molar-refractivity contribution is 6.05. The van der Waals surface area contributed by atoms with Crippen LogP contribution in [0.2, 0.25) is 0 Å². The molecule has 1 heterocycles. The highest BCUT2D eigenvalue weighted by Gasteiger charge is 2.50. The predicted molar refractivity (Wildman–Crippen MR) is 65.2 cm³/mol. The van der Waals surface area contributed by atoms with E-state index in [-0.39, 0.29) is 29.6 Å². The Morgan fingerprint density at radius 3 is 2.53 bits per heavy atom. The van der Waals surface area contributed by atoms with E-state index in [1.54, 1.807) is 4.90 Å². The summed E-state index contributed by atoms with van der Waals surface area (Å²) in [6.07, 6.45) is 1.15. The molecule has 0 aromatic heterocycles. The summed E-state index contributed by atoms with van der Waals surface area (Å²) in [5.41, 5.74) is 6.04. The van der Waals surface area contributed by atoms with E-state index in [9.17, 15) is 9.59 Å². The van der Waals surface area contributed by atoms with Gasteiger partial charge >= 0.3 is 0 Å². The summed E-state index contributed by atoms with van der Waals surface area (Å²) in [4.78, 5) is 25.0. The van der Waals surface area contributed by atoms with Crippen LogP contribution < -0.4 is 5.73 Å². The van der Waals surface area contributed by atoms with Crippen LogP contribution in [0.15, 0.2) is 0 Å². The molecule has 2 fully saturated rings. The molecular weight excluding hydrogens is 216 g/mol. The van der Waals surface area contributed by atoms with Crippen molar-refractivity contribution in [2.75, 3.05) is 13.1 Å². The molecule has 3 unspecified atom stereocenters. The van der Waals surface area contributed by atoms with Gasteiger partial charge in [0.25, 0.3) is 0 Å². The van der Waals surface area contributed by atoms with Gasteiger partial charge in [0.15, 0.2) is 5.78 Å². The first-order chi connectivity index (χ1) is 7.86. The second-order valence-electron chi connectivity index (χ2n) is 6.24. The standard InChI is InChI=1S/C13H22N2O2/c1-8-5-13(2,3)10(6-14)12(8)15-7-9(16)4-11(15)17/h8,10,12H,4-7,14H2,1-3H3. The fourth-order valence-electron chi connectivity index (χ4n) is 3.82. The average molecular weight is 238 g/mol. The van der Waals surface area contributed by atoms with Gasteiger partial charge in [0.1, 0.15) is 0 Å². The number of hydrogen-bond donors (Lipinski definition) is 1. The summed E-state index contributed by atoms with van der Waals surface area (Å²) in [7, 11) is 0. The molecule has 1 saturated heterocycles. The molecule has 1 amide bonds. The van der Waals surface area contributed by atoms with Gasteiger partial charge in [0.05, 0.1) is 13.0 Å². The molecule has 0 spiro atoms. The van der Waals surface area contributed by atoms with Gasteiger partial charge in [-0.15, -0.1) is 0 Å². The molecule has 2 N–H and O–H groups in total. The van der Waals surface area contributed by atoms with E-state index in [0.717, 1.165) is 6.42 Å². The summed E-state index contributed by atoms with van der Waals surface area (Å²) in [5.74, 6) is 0.756. The van der Waals surface area contributed by atoms with Crippen LogP contribution in [0, 0.1) is 17.3 Å². The fourth-order valence-corrected chi connectivity index (χ4v) is 3.82. The first-order valence-electron chi connectivity index (χ1n) is 6.38. The summed E-state index contributed by atoms with van der Waals surface area (Å²) in [6.45, 7) is 7.46. The molecule has 0 aromatic carbocycles. The zero-order chi connectivity index (χ0) is 12.8. The third kappa shape index (κ3) is 1.99. The van der Waals surface area contributed by atoms with E-state index >= 15 is 0 Å². The van der Waals surface area contributed by atoms with Gasteiger partial charge in [-0.25, -0.2) is 0 Å².